The number of rotatable bonds is 4. The summed E-state index contributed by atoms with van der Waals surface area (Å²) in [6.07, 6.45) is 6.03. The van der Waals surface area contributed by atoms with Gasteiger partial charge in [-0.05, 0) is 50.7 Å². The number of likely N-dealkylation sites (tertiary alicyclic amines) is 1. The minimum absolute atomic E-state index is 0.0405. The molecule has 0 radical (unpaired) electrons. The van der Waals surface area contributed by atoms with Gasteiger partial charge >= 0.3 is 0 Å². The van der Waals surface area contributed by atoms with E-state index in [1.807, 2.05) is 18.5 Å². The van der Waals surface area contributed by atoms with Gasteiger partial charge in [-0.1, -0.05) is 53.7 Å². The number of aryl methyl sites for hydroxylation is 1. The SMILES string of the molecule is CC.CN1CCC(CCn2cc(C(C)(C)C(C)(C)C)nn2)CC1. The number of aromatic nitrogens is 3. The molecule has 2 heterocycles. The molecular weight excluding hydrogens is 284 g/mol. The third-order valence-electron chi connectivity index (χ3n) is 5.66. The highest BCUT2D eigenvalue weighted by molar-refractivity contribution is 5.13. The minimum atomic E-state index is 0.0405. The quantitative estimate of drug-likeness (QED) is 0.826. The first kappa shape index (κ1) is 20.1. The summed E-state index contributed by atoms with van der Waals surface area (Å²) in [5.74, 6) is 0.851. The van der Waals surface area contributed by atoms with Crippen molar-refractivity contribution in [2.45, 2.75) is 79.7 Å². The summed E-state index contributed by atoms with van der Waals surface area (Å²) >= 11 is 0. The van der Waals surface area contributed by atoms with Crippen molar-refractivity contribution in [2.24, 2.45) is 11.3 Å². The van der Waals surface area contributed by atoms with Gasteiger partial charge in [0, 0.05) is 18.2 Å². The Kier molecular flexibility index (Phi) is 7.25. The maximum atomic E-state index is 4.43. The zero-order valence-corrected chi connectivity index (χ0v) is 16.7. The monoisotopic (exact) mass is 322 g/mol. The van der Waals surface area contributed by atoms with Crippen LogP contribution in [0.2, 0.25) is 0 Å². The summed E-state index contributed by atoms with van der Waals surface area (Å²) in [5, 5.41) is 8.79. The van der Waals surface area contributed by atoms with E-state index in [2.05, 4.69) is 63.1 Å². The van der Waals surface area contributed by atoms with Crippen LogP contribution in [-0.4, -0.2) is 40.0 Å². The molecule has 0 aromatic carbocycles. The van der Waals surface area contributed by atoms with Gasteiger partial charge in [-0.15, -0.1) is 5.10 Å². The second kappa shape index (κ2) is 8.27. The van der Waals surface area contributed by atoms with Crippen LogP contribution in [-0.2, 0) is 12.0 Å². The predicted octanol–water partition coefficient (Wildman–Crippen LogP) is 4.36. The molecular formula is C19H38N4. The van der Waals surface area contributed by atoms with Crippen molar-refractivity contribution >= 4 is 0 Å². The molecule has 23 heavy (non-hydrogen) atoms. The second-order valence-corrected chi connectivity index (χ2v) is 8.28. The van der Waals surface area contributed by atoms with E-state index in [4.69, 9.17) is 0 Å². The molecule has 0 aliphatic carbocycles. The van der Waals surface area contributed by atoms with Gasteiger partial charge < -0.3 is 4.90 Å². The van der Waals surface area contributed by atoms with Crippen LogP contribution in [0.1, 0.15) is 73.4 Å². The molecule has 0 atom stereocenters. The largest absolute Gasteiger partial charge is 0.306 e. The van der Waals surface area contributed by atoms with Crippen molar-refractivity contribution < 1.29 is 0 Å². The van der Waals surface area contributed by atoms with Crippen LogP contribution in [0.25, 0.3) is 0 Å². The normalized spacial score (nSPS) is 17.7. The van der Waals surface area contributed by atoms with E-state index >= 15 is 0 Å². The van der Waals surface area contributed by atoms with E-state index in [-0.39, 0.29) is 10.8 Å². The summed E-state index contributed by atoms with van der Waals surface area (Å²) in [4.78, 5) is 2.43. The lowest BCUT2D eigenvalue weighted by molar-refractivity contribution is 0.206. The highest BCUT2D eigenvalue weighted by Gasteiger charge is 2.36. The van der Waals surface area contributed by atoms with Crippen molar-refractivity contribution in [2.75, 3.05) is 20.1 Å². The Hall–Kier alpha value is -0.900. The van der Waals surface area contributed by atoms with Gasteiger partial charge in [0.1, 0.15) is 0 Å². The molecule has 2 rings (SSSR count). The van der Waals surface area contributed by atoms with Gasteiger partial charge in [-0.25, -0.2) is 0 Å². The highest BCUT2D eigenvalue weighted by Crippen LogP contribution is 2.39. The average molecular weight is 323 g/mol. The van der Waals surface area contributed by atoms with Crippen molar-refractivity contribution in [3.05, 3.63) is 11.9 Å². The molecule has 0 N–H and O–H groups in total. The van der Waals surface area contributed by atoms with Crippen LogP contribution >= 0.6 is 0 Å². The van der Waals surface area contributed by atoms with Crippen LogP contribution in [0.3, 0.4) is 0 Å². The molecule has 1 aliphatic heterocycles. The third kappa shape index (κ3) is 5.30. The third-order valence-corrected chi connectivity index (χ3v) is 5.66. The maximum absolute atomic E-state index is 4.43. The fraction of sp³-hybridized carbons (Fsp3) is 0.895. The van der Waals surface area contributed by atoms with Gasteiger partial charge in [0.15, 0.2) is 0 Å². The van der Waals surface area contributed by atoms with Crippen LogP contribution in [0.4, 0.5) is 0 Å². The summed E-state index contributed by atoms with van der Waals surface area (Å²) in [6, 6.07) is 0. The summed E-state index contributed by atoms with van der Waals surface area (Å²) < 4.78 is 2.04. The first-order valence-corrected chi connectivity index (χ1v) is 9.29. The Bertz CT molecular complexity index is 448. The van der Waals surface area contributed by atoms with Gasteiger partial charge in [-0.2, -0.15) is 0 Å². The molecule has 1 fully saturated rings. The standard InChI is InChI=1S/C17H32N4.C2H6/c1-16(2,3)17(4,5)15-13-21(19-18-15)12-9-14-7-10-20(6)11-8-14;1-2/h13-14H,7-12H2,1-6H3;1-2H3. The first-order valence-electron chi connectivity index (χ1n) is 9.29. The number of nitrogens with zero attached hydrogens (tertiary/aromatic N) is 4. The Morgan fingerprint density at radius 2 is 1.65 bits per heavy atom. The van der Waals surface area contributed by atoms with Crippen LogP contribution in [0.15, 0.2) is 6.20 Å². The molecule has 0 amide bonds. The smallest absolute Gasteiger partial charge is 0.0888 e. The molecule has 1 aromatic heterocycles. The summed E-state index contributed by atoms with van der Waals surface area (Å²) in [7, 11) is 2.22. The van der Waals surface area contributed by atoms with Crippen LogP contribution in [0.5, 0.6) is 0 Å². The number of hydrogen-bond donors (Lipinski definition) is 0. The van der Waals surface area contributed by atoms with E-state index in [9.17, 15) is 0 Å². The molecule has 1 saturated heterocycles. The van der Waals surface area contributed by atoms with E-state index in [1.54, 1.807) is 0 Å². The zero-order chi connectivity index (χ0) is 17.7. The van der Waals surface area contributed by atoms with Crippen molar-refractivity contribution in [1.29, 1.82) is 0 Å². The van der Waals surface area contributed by atoms with E-state index in [0.717, 1.165) is 18.2 Å². The molecule has 0 unspecified atom stereocenters. The summed E-state index contributed by atoms with van der Waals surface area (Å²) in [5.41, 5.74) is 1.33. The van der Waals surface area contributed by atoms with Crippen LogP contribution in [0, 0.1) is 11.3 Å². The van der Waals surface area contributed by atoms with Gasteiger partial charge in [0.25, 0.3) is 0 Å². The van der Waals surface area contributed by atoms with E-state index in [0.29, 0.717) is 0 Å². The summed E-state index contributed by atoms with van der Waals surface area (Å²) in [6.45, 7) is 18.8. The number of piperidine rings is 1. The Balaban J connectivity index is 0.00000127. The first-order chi connectivity index (χ1) is 10.7. The van der Waals surface area contributed by atoms with Gasteiger partial charge in [-0.3, -0.25) is 4.68 Å². The van der Waals surface area contributed by atoms with Crippen molar-refractivity contribution in [1.82, 2.24) is 19.9 Å². The average Bonchev–Trinajstić information content (AvgIpc) is 2.97. The highest BCUT2D eigenvalue weighted by atomic mass is 15.4. The number of hydrogen-bond acceptors (Lipinski definition) is 3. The topological polar surface area (TPSA) is 34.0 Å². The lowest BCUT2D eigenvalue weighted by Crippen LogP contribution is -2.34. The zero-order valence-electron chi connectivity index (χ0n) is 16.7. The molecule has 0 saturated carbocycles. The van der Waals surface area contributed by atoms with Crippen LogP contribution < -0.4 is 0 Å². The molecule has 4 heteroatoms. The fourth-order valence-electron chi connectivity index (χ4n) is 2.74. The maximum Gasteiger partial charge on any atom is 0.0888 e. The Labute approximate surface area is 143 Å². The second-order valence-electron chi connectivity index (χ2n) is 8.28. The van der Waals surface area contributed by atoms with Gasteiger partial charge in [0.2, 0.25) is 0 Å². The molecule has 0 spiro atoms. The molecule has 1 aliphatic rings. The van der Waals surface area contributed by atoms with E-state index in [1.165, 1.54) is 32.4 Å². The molecule has 134 valence electrons. The van der Waals surface area contributed by atoms with E-state index < -0.39 is 0 Å². The lowest BCUT2D eigenvalue weighted by atomic mass is 9.67. The lowest BCUT2D eigenvalue weighted by Gasteiger charge is -2.36. The fourth-order valence-corrected chi connectivity index (χ4v) is 2.74. The molecule has 1 aromatic rings. The molecule has 0 bridgehead atoms. The minimum Gasteiger partial charge on any atom is -0.306 e. The predicted molar refractivity (Wildman–Crippen MR) is 98.7 cm³/mol. The molecule has 4 nitrogen and oxygen atoms in total. The van der Waals surface area contributed by atoms with Crippen molar-refractivity contribution in [3.63, 3.8) is 0 Å². The Morgan fingerprint density at radius 3 is 2.17 bits per heavy atom. The van der Waals surface area contributed by atoms with Crippen molar-refractivity contribution in [3.8, 4) is 0 Å². The van der Waals surface area contributed by atoms with Gasteiger partial charge in [0.05, 0.1) is 5.69 Å². The Morgan fingerprint density at radius 1 is 1.09 bits per heavy atom.